The van der Waals surface area contributed by atoms with Crippen LogP contribution in [0.15, 0.2) is 67.0 Å². The summed E-state index contributed by atoms with van der Waals surface area (Å²) >= 11 is 0. The van der Waals surface area contributed by atoms with E-state index in [-0.39, 0.29) is 5.82 Å². The van der Waals surface area contributed by atoms with E-state index in [0.717, 1.165) is 33.5 Å². The second-order valence-corrected chi connectivity index (χ2v) is 6.28. The third-order valence-corrected chi connectivity index (χ3v) is 4.48. The summed E-state index contributed by atoms with van der Waals surface area (Å²) in [6, 6.07) is 16.4. The van der Waals surface area contributed by atoms with Gasteiger partial charge in [-0.15, -0.1) is 0 Å². The van der Waals surface area contributed by atoms with Gasteiger partial charge in [0.25, 0.3) is 0 Å². The normalized spacial score (nSPS) is 11.3. The van der Waals surface area contributed by atoms with Crippen molar-refractivity contribution >= 4 is 11.2 Å². The van der Waals surface area contributed by atoms with Crippen LogP contribution in [-0.4, -0.2) is 29.9 Å². The van der Waals surface area contributed by atoms with Crippen molar-refractivity contribution in [3.05, 3.63) is 78.4 Å². The van der Waals surface area contributed by atoms with Crippen molar-refractivity contribution in [2.45, 2.75) is 6.54 Å². The molecule has 5 aromatic rings. The van der Waals surface area contributed by atoms with E-state index in [1.165, 1.54) is 12.1 Å². The number of benzene rings is 2. The molecular weight excluding hydrogens is 343 g/mol. The van der Waals surface area contributed by atoms with Gasteiger partial charge < -0.3 is 4.98 Å². The second-order valence-electron chi connectivity index (χ2n) is 6.28. The predicted octanol–water partition coefficient (Wildman–Crippen LogP) is 4.00. The summed E-state index contributed by atoms with van der Waals surface area (Å²) in [5.41, 5.74) is 5.24. The highest BCUT2D eigenvalue weighted by molar-refractivity contribution is 5.82. The fourth-order valence-corrected chi connectivity index (χ4v) is 3.15. The lowest BCUT2D eigenvalue weighted by molar-refractivity contribution is 0.628. The Kier molecular flexibility index (Phi) is 3.57. The molecule has 27 heavy (non-hydrogen) atoms. The van der Waals surface area contributed by atoms with Gasteiger partial charge in [-0.25, -0.2) is 14.1 Å². The van der Waals surface area contributed by atoms with E-state index in [0.29, 0.717) is 12.4 Å². The third-order valence-electron chi connectivity index (χ3n) is 4.48. The predicted molar refractivity (Wildman–Crippen MR) is 100 cm³/mol. The van der Waals surface area contributed by atoms with E-state index in [1.54, 1.807) is 24.5 Å². The molecule has 2 aromatic carbocycles. The van der Waals surface area contributed by atoms with Crippen molar-refractivity contribution in [1.82, 2.24) is 29.9 Å². The minimum Gasteiger partial charge on any atom is -0.335 e. The molecule has 0 radical (unpaired) electrons. The minimum atomic E-state index is -0.274. The zero-order chi connectivity index (χ0) is 18.2. The van der Waals surface area contributed by atoms with Gasteiger partial charge in [-0.05, 0) is 29.8 Å². The molecule has 0 saturated heterocycles. The first-order chi connectivity index (χ1) is 13.3. The summed E-state index contributed by atoms with van der Waals surface area (Å²) in [6.45, 7) is 0.644. The maximum absolute atomic E-state index is 13.2. The molecule has 3 heterocycles. The average molecular weight is 358 g/mol. The first kappa shape index (κ1) is 15.5. The van der Waals surface area contributed by atoms with Crippen LogP contribution < -0.4 is 0 Å². The van der Waals surface area contributed by atoms with Crippen molar-refractivity contribution in [3.8, 4) is 22.6 Å². The molecule has 0 unspecified atom stereocenters. The van der Waals surface area contributed by atoms with Gasteiger partial charge in [0, 0.05) is 5.56 Å². The highest BCUT2D eigenvalue weighted by atomic mass is 19.1. The largest absolute Gasteiger partial charge is 0.335 e. The minimum absolute atomic E-state index is 0.274. The number of hydrogen-bond acceptors (Lipinski definition) is 3. The highest BCUT2D eigenvalue weighted by Crippen LogP contribution is 2.29. The molecule has 0 amide bonds. The van der Waals surface area contributed by atoms with Crippen LogP contribution in [0.1, 0.15) is 5.56 Å². The third kappa shape index (κ3) is 2.79. The molecule has 0 fully saturated rings. The van der Waals surface area contributed by atoms with Crippen molar-refractivity contribution < 1.29 is 4.39 Å². The Hall–Kier alpha value is -3.74. The zero-order valence-corrected chi connectivity index (χ0v) is 14.2. The van der Waals surface area contributed by atoms with Crippen LogP contribution in [-0.2, 0) is 6.54 Å². The molecule has 0 aliphatic heterocycles. The van der Waals surface area contributed by atoms with Crippen molar-refractivity contribution in [2.24, 2.45) is 0 Å². The van der Waals surface area contributed by atoms with E-state index in [4.69, 9.17) is 4.98 Å². The van der Waals surface area contributed by atoms with Crippen LogP contribution in [0.5, 0.6) is 0 Å². The van der Waals surface area contributed by atoms with Gasteiger partial charge in [0.05, 0.1) is 30.2 Å². The molecule has 132 valence electrons. The molecule has 0 bridgehead atoms. The lowest BCUT2D eigenvalue weighted by Gasteiger charge is -2.02. The van der Waals surface area contributed by atoms with E-state index >= 15 is 0 Å². The zero-order valence-electron chi connectivity index (χ0n) is 14.2. The van der Waals surface area contributed by atoms with Gasteiger partial charge in [-0.2, -0.15) is 10.2 Å². The first-order valence-corrected chi connectivity index (χ1v) is 8.53. The monoisotopic (exact) mass is 358 g/mol. The maximum atomic E-state index is 13.2. The summed E-state index contributed by atoms with van der Waals surface area (Å²) in [5.74, 6) is 0.418. The van der Waals surface area contributed by atoms with E-state index < -0.39 is 0 Å². The summed E-state index contributed by atoms with van der Waals surface area (Å²) in [6.07, 6.45) is 3.48. The Morgan fingerprint density at radius 2 is 1.78 bits per heavy atom. The number of aromatic nitrogens is 6. The van der Waals surface area contributed by atoms with Crippen LogP contribution in [0, 0.1) is 5.82 Å². The Morgan fingerprint density at radius 1 is 0.963 bits per heavy atom. The summed E-state index contributed by atoms with van der Waals surface area (Å²) in [4.78, 5) is 8.02. The van der Waals surface area contributed by atoms with E-state index in [1.807, 2.05) is 22.9 Å². The fourth-order valence-electron chi connectivity index (χ4n) is 3.15. The van der Waals surface area contributed by atoms with E-state index in [2.05, 4.69) is 32.4 Å². The lowest BCUT2D eigenvalue weighted by atomic mass is 10.1. The fraction of sp³-hybridized carbons (Fsp3) is 0.0500. The maximum Gasteiger partial charge on any atom is 0.177 e. The van der Waals surface area contributed by atoms with Gasteiger partial charge >= 0.3 is 0 Å². The Bertz CT molecular complexity index is 1200. The van der Waals surface area contributed by atoms with E-state index in [9.17, 15) is 4.39 Å². The second kappa shape index (κ2) is 6.21. The molecule has 2 N–H and O–H groups in total. The molecule has 0 aliphatic rings. The number of H-pyrrole nitrogens is 2. The van der Waals surface area contributed by atoms with Crippen LogP contribution in [0.25, 0.3) is 33.8 Å². The van der Waals surface area contributed by atoms with Crippen LogP contribution in [0.3, 0.4) is 0 Å². The number of hydrogen-bond donors (Lipinski definition) is 2. The Balaban J connectivity index is 1.54. The summed E-state index contributed by atoms with van der Waals surface area (Å²) in [5, 5.41) is 11.5. The quantitative estimate of drug-likeness (QED) is 0.510. The van der Waals surface area contributed by atoms with Gasteiger partial charge in [0.2, 0.25) is 0 Å². The van der Waals surface area contributed by atoms with Crippen molar-refractivity contribution in [1.29, 1.82) is 0 Å². The SMILES string of the molecule is Fc1ccc(-c2[nH]ncc2-c2nc3c(cnn3Cc3ccccc3)[nH]2)cc1. The number of imidazole rings is 1. The topological polar surface area (TPSA) is 75.2 Å². The van der Waals surface area contributed by atoms with Gasteiger partial charge in [-0.3, -0.25) is 5.10 Å². The number of halogens is 1. The lowest BCUT2D eigenvalue weighted by Crippen LogP contribution is -2.01. The van der Waals surface area contributed by atoms with Crippen molar-refractivity contribution in [3.63, 3.8) is 0 Å². The molecule has 0 aliphatic carbocycles. The molecule has 0 atom stereocenters. The average Bonchev–Trinajstić information content (AvgIpc) is 3.40. The molecule has 7 heteroatoms. The molecule has 0 saturated carbocycles. The molecule has 0 spiro atoms. The van der Waals surface area contributed by atoms with Crippen molar-refractivity contribution in [2.75, 3.05) is 0 Å². The smallest absolute Gasteiger partial charge is 0.177 e. The van der Waals surface area contributed by atoms with Gasteiger partial charge in [0.15, 0.2) is 5.65 Å². The number of nitrogens with one attached hydrogen (secondary N) is 2. The number of fused-ring (bicyclic) bond motifs is 1. The van der Waals surface area contributed by atoms with Crippen LogP contribution in [0.4, 0.5) is 4.39 Å². The molecular formula is C20H15FN6. The number of nitrogens with zero attached hydrogens (tertiary/aromatic N) is 4. The van der Waals surface area contributed by atoms with Gasteiger partial charge in [0.1, 0.15) is 17.2 Å². The molecule has 6 nitrogen and oxygen atoms in total. The Labute approximate surface area is 153 Å². The highest BCUT2D eigenvalue weighted by Gasteiger charge is 2.16. The summed E-state index contributed by atoms with van der Waals surface area (Å²) < 4.78 is 15.1. The van der Waals surface area contributed by atoms with Crippen LogP contribution >= 0.6 is 0 Å². The molecule has 5 rings (SSSR count). The Morgan fingerprint density at radius 3 is 2.59 bits per heavy atom. The summed E-state index contributed by atoms with van der Waals surface area (Å²) in [7, 11) is 0. The standard InChI is InChI=1S/C20H15FN6/c21-15-8-6-14(7-9-15)18-16(10-22-26-18)19-24-17-11-23-27(20(17)25-19)12-13-4-2-1-3-5-13/h1-11H,12H2,(H,22,26)(H,24,25). The number of rotatable bonds is 4. The number of aromatic amines is 2. The molecule has 3 aromatic heterocycles. The van der Waals surface area contributed by atoms with Gasteiger partial charge in [-0.1, -0.05) is 30.3 Å². The first-order valence-electron chi connectivity index (χ1n) is 8.53. The van der Waals surface area contributed by atoms with Crippen LogP contribution in [0.2, 0.25) is 0 Å².